The molecule has 0 aliphatic heterocycles. The molecule has 94 valence electrons. The molecule has 0 atom stereocenters. The van der Waals surface area contributed by atoms with Gasteiger partial charge in [0.15, 0.2) is 0 Å². The zero-order valence-corrected chi connectivity index (χ0v) is 11.8. The van der Waals surface area contributed by atoms with E-state index in [-0.39, 0.29) is 0 Å². The molecule has 0 unspecified atom stereocenters. The van der Waals surface area contributed by atoms with Crippen molar-refractivity contribution in [2.75, 3.05) is 0 Å². The largest absolute Gasteiger partial charge is 0.0814 e. The van der Waals surface area contributed by atoms with Crippen molar-refractivity contribution in [2.45, 2.75) is 33.6 Å². The van der Waals surface area contributed by atoms with Crippen molar-refractivity contribution in [3.63, 3.8) is 0 Å². The molecule has 0 aromatic heterocycles. The molecule has 0 fully saturated rings. The molecule has 2 aromatic carbocycles. The van der Waals surface area contributed by atoms with Crippen molar-refractivity contribution in [1.82, 2.24) is 0 Å². The monoisotopic (exact) mass is 238 g/mol. The van der Waals surface area contributed by atoms with Crippen molar-refractivity contribution in [3.8, 4) is 0 Å². The van der Waals surface area contributed by atoms with Crippen LogP contribution >= 0.6 is 0 Å². The number of fused-ring (bicyclic) bond motifs is 1. The second-order valence-electron chi connectivity index (χ2n) is 5.62. The van der Waals surface area contributed by atoms with Crippen LogP contribution in [0.2, 0.25) is 0 Å². The van der Waals surface area contributed by atoms with E-state index >= 15 is 0 Å². The molecule has 0 amide bonds. The summed E-state index contributed by atoms with van der Waals surface area (Å²) in [7, 11) is 0. The molecule has 0 nitrogen and oxygen atoms in total. The Labute approximate surface area is 110 Å². The molecule has 0 spiro atoms. The Bertz CT molecular complexity index is 559. The highest BCUT2D eigenvalue weighted by Crippen LogP contribution is 2.23. The van der Waals surface area contributed by atoms with E-state index in [4.69, 9.17) is 0 Å². The molecular weight excluding hydrogens is 216 g/mol. The fraction of sp³-hybridized carbons (Fsp3) is 0.333. The first kappa shape index (κ1) is 12.9. The Kier molecular flexibility index (Phi) is 3.86. The summed E-state index contributed by atoms with van der Waals surface area (Å²) in [5.41, 5.74) is 2.70. The van der Waals surface area contributed by atoms with Crippen LogP contribution in [0.1, 0.15) is 44.7 Å². The third-order valence-corrected chi connectivity index (χ3v) is 3.23. The zero-order valence-electron chi connectivity index (χ0n) is 11.8. The molecule has 0 N–H and O–H groups in total. The Morgan fingerprint density at radius 3 is 2.17 bits per heavy atom. The van der Waals surface area contributed by atoms with Crippen molar-refractivity contribution in [1.29, 1.82) is 0 Å². The first-order valence-electron chi connectivity index (χ1n) is 6.78. The maximum atomic E-state index is 2.30. The van der Waals surface area contributed by atoms with Crippen LogP contribution in [0.15, 0.2) is 42.5 Å². The van der Waals surface area contributed by atoms with E-state index in [0.29, 0.717) is 11.8 Å². The second-order valence-corrected chi connectivity index (χ2v) is 5.62. The van der Waals surface area contributed by atoms with Gasteiger partial charge >= 0.3 is 0 Å². The summed E-state index contributed by atoms with van der Waals surface area (Å²) in [6.45, 7) is 8.88. The molecule has 0 heterocycles. The standard InChI is InChI=1S/C18H22/c1-13(2)5-6-15-7-8-18-12-16(14(3)4)9-10-17(18)11-15/h5-14H,1-4H3. The number of allylic oxidation sites excluding steroid dienone is 1. The van der Waals surface area contributed by atoms with Gasteiger partial charge in [0, 0.05) is 0 Å². The van der Waals surface area contributed by atoms with Crippen LogP contribution in [0.5, 0.6) is 0 Å². The van der Waals surface area contributed by atoms with E-state index in [2.05, 4.69) is 76.2 Å². The fourth-order valence-corrected chi connectivity index (χ4v) is 2.05. The van der Waals surface area contributed by atoms with Crippen LogP contribution in [0.3, 0.4) is 0 Å². The molecule has 0 aliphatic carbocycles. The second kappa shape index (κ2) is 5.39. The maximum absolute atomic E-state index is 2.30. The maximum Gasteiger partial charge on any atom is -0.0178 e. The van der Waals surface area contributed by atoms with Gasteiger partial charge in [-0.25, -0.2) is 0 Å². The fourth-order valence-electron chi connectivity index (χ4n) is 2.05. The van der Waals surface area contributed by atoms with Gasteiger partial charge < -0.3 is 0 Å². The molecule has 0 saturated heterocycles. The first-order chi connectivity index (χ1) is 8.56. The topological polar surface area (TPSA) is 0 Å². The van der Waals surface area contributed by atoms with Gasteiger partial charge in [0.2, 0.25) is 0 Å². The quantitative estimate of drug-likeness (QED) is 0.650. The van der Waals surface area contributed by atoms with E-state index in [1.54, 1.807) is 0 Å². The molecule has 0 bridgehead atoms. The van der Waals surface area contributed by atoms with E-state index in [1.807, 2.05) is 0 Å². The number of rotatable bonds is 3. The Balaban J connectivity index is 2.38. The lowest BCUT2D eigenvalue weighted by atomic mass is 9.98. The van der Waals surface area contributed by atoms with Gasteiger partial charge in [-0.15, -0.1) is 0 Å². The molecule has 2 aromatic rings. The highest BCUT2D eigenvalue weighted by atomic mass is 14.1. The van der Waals surface area contributed by atoms with Crippen molar-refractivity contribution >= 4 is 16.8 Å². The summed E-state index contributed by atoms with van der Waals surface area (Å²) in [4.78, 5) is 0. The van der Waals surface area contributed by atoms with E-state index < -0.39 is 0 Å². The summed E-state index contributed by atoms with van der Waals surface area (Å²) in [6, 6.07) is 13.5. The van der Waals surface area contributed by atoms with Crippen molar-refractivity contribution in [3.05, 3.63) is 53.6 Å². The molecule has 0 heteroatoms. The van der Waals surface area contributed by atoms with Gasteiger partial charge in [0.1, 0.15) is 0 Å². The molecule has 2 rings (SSSR count). The van der Waals surface area contributed by atoms with Crippen LogP contribution in [-0.4, -0.2) is 0 Å². The third-order valence-electron chi connectivity index (χ3n) is 3.23. The van der Waals surface area contributed by atoms with Gasteiger partial charge in [0.05, 0.1) is 0 Å². The lowest BCUT2D eigenvalue weighted by Gasteiger charge is -2.07. The zero-order chi connectivity index (χ0) is 13.1. The summed E-state index contributed by atoms with van der Waals surface area (Å²) >= 11 is 0. The minimum atomic E-state index is 0.593. The molecule has 18 heavy (non-hydrogen) atoms. The minimum absolute atomic E-state index is 0.593. The molecular formula is C18H22. The SMILES string of the molecule is CC(C)C=Cc1ccc2cc(C(C)C)ccc2c1. The van der Waals surface area contributed by atoms with Crippen molar-refractivity contribution in [2.24, 2.45) is 5.92 Å². The van der Waals surface area contributed by atoms with Crippen LogP contribution in [0.4, 0.5) is 0 Å². The average molecular weight is 238 g/mol. The van der Waals surface area contributed by atoms with Crippen LogP contribution in [0.25, 0.3) is 16.8 Å². The third kappa shape index (κ3) is 3.01. The number of hydrogen-bond donors (Lipinski definition) is 0. The van der Waals surface area contributed by atoms with Gasteiger partial charge in [-0.1, -0.05) is 70.2 Å². The number of hydrogen-bond acceptors (Lipinski definition) is 0. The molecule has 0 aliphatic rings. The summed E-state index contributed by atoms with van der Waals surface area (Å²) < 4.78 is 0. The summed E-state index contributed by atoms with van der Waals surface area (Å²) in [5, 5.41) is 2.66. The smallest absolute Gasteiger partial charge is 0.0178 e. The Hall–Kier alpha value is -1.56. The molecule has 0 saturated carbocycles. The van der Waals surface area contributed by atoms with E-state index in [9.17, 15) is 0 Å². The summed E-state index contributed by atoms with van der Waals surface area (Å²) in [6.07, 6.45) is 4.45. The van der Waals surface area contributed by atoms with Crippen LogP contribution in [-0.2, 0) is 0 Å². The minimum Gasteiger partial charge on any atom is -0.0814 e. The Morgan fingerprint density at radius 2 is 1.50 bits per heavy atom. The van der Waals surface area contributed by atoms with Crippen LogP contribution < -0.4 is 0 Å². The number of benzene rings is 2. The normalized spacial score (nSPS) is 12.1. The predicted octanol–water partition coefficient (Wildman–Crippen LogP) is 5.63. The van der Waals surface area contributed by atoms with Crippen LogP contribution in [0, 0.1) is 5.92 Å². The van der Waals surface area contributed by atoms with E-state index in [1.165, 1.54) is 21.9 Å². The highest BCUT2D eigenvalue weighted by molar-refractivity contribution is 5.85. The molecule has 0 radical (unpaired) electrons. The predicted molar refractivity (Wildman–Crippen MR) is 81.9 cm³/mol. The van der Waals surface area contributed by atoms with Crippen molar-refractivity contribution < 1.29 is 0 Å². The summed E-state index contributed by atoms with van der Waals surface area (Å²) in [5.74, 6) is 1.19. The highest BCUT2D eigenvalue weighted by Gasteiger charge is 2.01. The Morgan fingerprint density at radius 1 is 0.833 bits per heavy atom. The van der Waals surface area contributed by atoms with Gasteiger partial charge in [-0.2, -0.15) is 0 Å². The van der Waals surface area contributed by atoms with E-state index in [0.717, 1.165) is 0 Å². The first-order valence-corrected chi connectivity index (χ1v) is 6.78. The average Bonchev–Trinajstić information content (AvgIpc) is 2.35. The van der Waals surface area contributed by atoms with Gasteiger partial charge in [-0.3, -0.25) is 0 Å². The lowest BCUT2D eigenvalue weighted by Crippen LogP contribution is -1.87. The van der Waals surface area contributed by atoms with Gasteiger partial charge in [0.25, 0.3) is 0 Å². The van der Waals surface area contributed by atoms with Gasteiger partial charge in [-0.05, 0) is 39.8 Å². The lowest BCUT2D eigenvalue weighted by molar-refractivity contribution is 0.836.